The van der Waals surface area contributed by atoms with Crippen molar-refractivity contribution in [2.75, 3.05) is 0 Å². The van der Waals surface area contributed by atoms with Crippen molar-refractivity contribution in [3.05, 3.63) is 39.9 Å². The molecular formula is C13H11NO5. The maximum absolute atomic E-state index is 12.1. The van der Waals surface area contributed by atoms with Crippen molar-refractivity contribution >= 4 is 17.4 Å². The highest BCUT2D eigenvalue weighted by molar-refractivity contribution is 6.03. The molecule has 0 saturated heterocycles. The SMILES string of the molecule is O=C(O)[C@@H]1[C@@H]2CCC(=O)[C@@]12c1ccc([N+](=O)[O-])cc1. The highest BCUT2D eigenvalue weighted by atomic mass is 16.6. The van der Waals surface area contributed by atoms with E-state index in [4.69, 9.17) is 0 Å². The predicted octanol–water partition coefficient (Wildman–Crippen LogP) is 1.53. The molecule has 6 heteroatoms. The molecule has 19 heavy (non-hydrogen) atoms. The molecule has 1 aromatic rings. The number of non-ortho nitro benzene ring substituents is 1. The molecule has 0 radical (unpaired) electrons. The van der Waals surface area contributed by atoms with Gasteiger partial charge in [0.05, 0.1) is 16.3 Å². The van der Waals surface area contributed by atoms with Gasteiger partial charge in [-0.15, -0.1) is 0 Å². The average molecular weight is 261 g/mol. The Kier molecular flexibility index (Phi) is 2.26. The van der Waals surface area contributed by atoms with Gasteiger partial charge >= 0.3 is 5.97 Å². The maximum Gasteiger partial charge on any atom is 0.308 e. The van der Waals surface area contributed by atoms with Crippen LogP contribution < -0.4 is 0 Å². The molecule has 0 aromatic heterocycles. The first-order chi connectivity index (χ1) is 8.99. The molecule has 2 fully saturated rings. The van der Waals surface area contributed by atoms with Crippen molar-refractivity contribution in [2.24, 2.45) is 11.8 Å². The van der Waals surface area contributed by atoms with E-state index in [1.807, 2.05) is 0 Å². The average Bonchev–Trinajstić information content (AvgIpc) is 2.96. The number of fused-ring (bicyclic) bond motifs is 1. The van der Waals surface area contributed by atoms with Gasteiger partial charge in [-0.2, -0.15) is 0 Å². The molecule has 0 heterocycles. The van der Waals surface area contributed by atoms with Crippen LogP contribution in [-0.2, 0) is 15.0 Å². The number of nitro benzene ring substituents is 1. The minimum atomic E-state index is -0.962. The van der Waals surface area contributed by atoms with E-state index in [1.165, 1.54) is 24.3 Å². The fourth-order valence-electron chi connectivity index (χ4n) is 3.51. The summed E-state index contributed by atoms with van der Waals surface area (Å²) in [6.07, 6.45) is 0.984. The maximum atomic E-state index is 12.1. The summed E-state index contributed by atoms with van der Waals surface area (Å²) in [4.78, 5) is 33.4. The van der Waals surface area contributed by atoms with Crippen LogP contribution in [0.1, 0.15) is 18.4 Å². The summed E-state index contributed by atoms with van der Waals surface area (Å²) < 4.78 is 0. The van der Waals surface area contributed by atoms with Crippen molar-refractivity contribution in [2.45, 2.75) is 18.3 Å². The lowest BCUT2D eigenvalue weighted by Crippen LogP contribution is -2.23. The number of carboxylic acid groups (broad SMARTS) is 1. The molecule has 3 rings (SSSR count). The second kappa shape index (κ2) is 3.63. The monoisotopic (exact) mass is 261 g/mol. The standard InChI is InChI=1S/C13H11NO5/c15-10-6-5-9-11(12(16)17)13(9,10)7-1-3-8(4-2-7)14(18)19/h1-4,9,11H,5-6H2,(H,16,17)/t9-,11-,13-/m0/s1. The Hall–Kier alpha value is -2.24. The summed E-state index contributed by atoms with van der Waals surface area (Å²) in [6.45, 7) is 0. The smallest absolute Gasteiger partial charge is 0.308 e. The molecule has 6 nitrogen and oxygen atoms in total. The Bertz CT molecular complexity index is 594. The van der Waals surface area contributed by atoms with E-state index in [2.05, 4.69) is 0 Å². The van der Waals surface area contributed by atoms with Gasteiger partial charge in [0.1, 0.15) is 5.78 Å². The molecule has 1 N–H and O–H groups in total. The van der Waals surface area contributed by atoms with E-state index in [0.29, 0.717) is 18.4 Å². The second-order valence-electron chi connectivity index (χ2n) is 5.06. The zero-order chi connectivity index (χ0) is 13.8. The fourth-order valence-corrected chi connectivity index (χ4v) is 3.51. The van der Waals surface area contributed by atoms with Gasteiger partial charge in [0, 0.05) is 18.6 Å². The number of rotatable bonds is 3. The number of nitro groups is 1. The van der Waals surface area contributed by atoms with Gasteiger partial charge in [0.15, 0.2) is 0 Å². The van der Waals surface area contributed by atoms with Gasteiger partial charge in [-0.1, -0.05) is 12.1 Å². The van der Waals surface area contributed by atoms with E-state index < -0.39 is 22.2 Å². The van der Waals surface area contributed by atoms with Crippen LogP contribution in [-0.4, -0.2) is 21.8 Å². The van der Waals surface area contributed by atoms with E-state index in [9.17, 15) is 24.8 Å². The minimum absolute atomic E-state index is 0.0567. The molecule has 0 unspecified atom stereocenters. The molecular weight excluding hydrogens is 250 g/mol. The second-order valence-corrected chi connectivity index (χ2v) is 5.06. The van der Waals surface area contributed by atoms with Gasteiger partial charge in [-0.3, -0.25) is 19.7 Å². The van der Waals surface area contributed by atoms with E-state index in [0.717, 1.165) is 0 Å². The van der Waals surface area contributed by atoms with Crippen molar-refractivity contribution in [1.29, 1.82) is 0 Å². The number of carboxylic acids is 1. The Morgan fingerprint density at radius 2 is 2.00 bits per heavy atom. The van der Waals surface area contributed by atoms with E-state index in [-0.39, 0.29) is 17.4 Å². The number of aliphatic carboxylic acids is 1. The van der Waals surface area contributed by atoms with Crippen LogP contribution in [0.15, 0.2) is 24.3 Å². The largest absolute Gasteiger partial charge is 0.481 e. The summed E-state index contributed by atoms with van der Waals surface area (Å²) in [5.41, 5.74) is -0.395. The fraction of sp³-hybridized carbons (Fsp3) is 0.385. The number of carbonyl (C=O) groups excluding carboxylic acids is 1. The van der Waals surface area contributed by atoms with Crippen LogP contribution in [0.2, 0.25) is 0 Å². The number of nitrogens with zero attached hydrogens (tertiary/aromatic N) is 1. The molecule has 3 atom stereocenters. The summed E-state index contributed by atoms with van der Waals surface area (Å²) in [5.74, 6) is -1.84. The summed E-state index contributed by atoms with van der Waals surface area (Å²) in [5, 5.41) is 19.8. The number of ketones is 1. The first-order valence-electron chi connectivity index (χ1n) is 6.00. The highest BCUT2D eigenvalue weighted by Crippen LogP contribution is 2.67. The first-order valence-corrected chi connectivity index (χ1v) is 6.00. The number of benzene rings is 1. The van der Waals surface area contributed by atoms with Gasteiger partial charge in [0.2, 0.25) is 0 Å². The Morgan fingerprint density at radius 1 is 1.37 bits per heavy atom. The third-order valence-corrected chi connectivity index (χ3v) is 4.33. The molecule has 2 aliphatic rings. The topological polar surface area (TPSA) is 97.5 Å². The highest BCUT2D eigenvalue weighted by Gasteiger charge is 2.75. The summed E-state index contributed by atoms with van der Waals surface area (Å²) in [7, 11) is 0. The van der Waals surface area contributed by atoms with Gasteiger partial charge in [0.25, 0.3) is 5.69 Å². The molecule has 98 valence electrons. The first kappa shape index (κ1) is 11.8. The molecule has 0 spiro atoms. The molecule has 1 aromatic carbocycles. The third-order valence-electron chi connectivity index (χ3n) is 4.33. The number of Topliss-reactive ketones (excluding diaryl/α,β-unsaturated/α-hetero) is 1. The number of hydrogen-bond donors (Lipinski definition) is 1. The summed E-state index contributed by atoms with van der Waals surface area (Å²) >= 11 is 0. The molecule has 0 amide bonds. The van der Waals surface area contributed by atoms with Crippen molar-refractivity contribution in [1.82, 2.24) is 0 Å². The van der Waals surface area contributed by atoms with Crippen LogP contribution in [0.5, 0.6) is 0 Å². The van der Waals surface area contributed by atoms with Crippen molar-refractivity contribution in [3.63, 3.8) is 0 Å². The summed E-state index contributed by atoms with van der Waals surface area (Å²) in [6, 6.07) is 5.67. The van der Waals surface area contributed by atoms with Gasteiger partial charge in [-0.05, 0) is 17.9 Å². The lowest BCUT2D eigenvalue weighted by Gasteiger charge is -2.12. The normalized spacial score (nSPS) is 31.9. The molecule has 0 aliphatic heterocycles. The van der Waals surface area contributed by atoms with Crippen molar-refractivity contribution < 1.29 is 19.6 Å². The van der Waals surface area contributed by atoms with Crippen LogP contribution in [0.3, 0.4) is 0 Å². The van der Waals surface area contributed by atoms with Crippen LogP contribution in [0.25, 0.3) is 0 Å². The third kappa shape index (κ3) is 1.36. The minimum Gasteiger partial charge on any atom is -0.481 e. The van der Waals surface area contributed by atoms with Crippen LogP contribution in [0, 0.1) is 22.0 Å². The Labute approximate surface area is 108 Å². The lowest BCUT2D eigenvalue weighted by atomic mass is 9.89. The molecule has 0 bridgehead atoms. The van der Waals surface area contributed by atoms with E-state index >= 15 is 0 Å². The number of hydrogen-bond acceptors (Lipinski definition) is 4. The predicted molar refractivity (Wildman–Crippen MR) is 63.6 cm³/mol. The lowest BCUT2D eigenvalue weighted by molar-refractivity contribution is -0.384. The van der Waals surface area contributed by atoms with Gasteiger partial charge < -0.3 is 5.11 Å². The van der Waals surface area contributed by atoms with Crippen molar-refractivity contribution in [3.8, 4) is 0 Å². The van der Waals surface area contributed by atoms with E-state index in [1.54, 1.807) is 0 Å². The van der Waals surface area contributed by atoms with Gasteiger partial charge in [-0.25, -0.2) is 0 Å². The van der Waals surface area contributed by atoms with Crippen LogP contribution >= 0.6 is 0 Å². The van der Waals surface area contributed by atoms with Crippen LogP contribution in [0.4, 0.5) is 5.69 Å². The zero-order valence-corrected chi connectivity index (χ0v) is 9.91. The zero-order valence-electron chi connectivity index (χ0n) is 9.91. The molecule has 2 saturated carbocycles. The Balaban J connectivity index is 2.02. The quantitative estimate of drug-likeness (QED) is 0.657. The Morgan fingerprint density at radius 3 is 2.47 bits per heavy atom. The number of carbonyl (C=O) groups is 2. The molecule has 2 aliphatic carbocycles.